The van der Waals surface area contributed by atoms with E-state index >= 15 is 0 Å². The Labute approximate surface area is 160 Å². The molecule has 0 bridgehead atoms. The molecule has 0 saturated heterocycles. The van der Waals surface area contributed by atoms with Crippen molar-refractivity contribution in [3.8, 4) is 0 Å². The highest BCUT2D eigenvalue weighted by atomic mass is 35.5. The Morgan fingerprint density at radius 2 is 1.78 bits per heavy atom. The van der Waals surface area contributed by atoms with Gasteiger partial charge in [-0.3, -0.25) is 9.59 Å². The van der Waals surface area contributed by atoms with Crippen LogP contribution in [0.3, 0.4) is 0 Å². The molecule has 1 aliphatic carbocycles. The second kappa shape index (κ2) is 8.05. The molecule has 1 aliphatic rings. The Bertz CT molecular complexity index is 866. The molecule has 0 aliphatic heterocycles. The van der Waals surface area contributed by atoms with Gasteiger partial charge in [-0.2, -0.15) is 0 Å². The average Bonchev–Trinajstić information content (AvgIpc) is 3.13. The monoisotopic (exact) mass is 393 g/mol. The van der Waals surface area contributed by atoms with Crippen molar-refractivity contribution in [2.24, 2.45) is 0 Å². The molecule has 0 spiro atoms. The summed E-state index contributed by atoms with van der Waals surface area (Å²) in [6.45, 7) is -0.586. The van der Waals surface area contributed by atoms with Gasteiger partial charge in [0.2, 0.25) is 0 Å². The molecule has 1 saturated carbocycles. The van der Waals surface area contributed by atoms with Crippen molar-refractivity contribution >= 4 is 29.2 Å². The molecule has 0 radical (unpaired) electrons. The first-order valence-corrected chi connectivity index (χ1v) is 8.97. The highest BCUT2D eigenvalue weighted by Gasteiger charge is 2.45. The summed E-state index contributed by atoms with van der Waals surface area (Å²) in [5, 5.41) is 2.52. The fourth-order valence-electron chi connectivity index (χ4n) is 3.46. The second-order valence-corrected chi connectivity index (χ2v) is 6.95. The maximum atomic E-state index is 14.3. The Morgan fingerprint density at radius 1 is 1.07 bits per heavy atom. The first-order chi connectivity index (χ1) is 12.9. The van der Waals surface area contributed by atoms with Gasteiger partial charge in [0.1, 0.15) is 11.6 Å². The summed E-state index contributed by atoms with van der Waals surface area (Å²) in [5.41, 5.74) is -0.862. The van der Waals surface area contributed by atoms with Gasteiger partial charge >= 0.3 is 5.97 Å². The van der Waals surface area contributed by atoms with Gasteiger partial charge in [-0.1, -0.05) is 42.6 Å². The van der Waals surface area contributed by atoms with Crippen LogP contribution in [-0.4, -0.2) is 18.5 Å². The molecule has 1 fully saturated rings. The van der Waals surface area contributed by atoms with Crippen molar-refractivity contribution in [1.82, 2.24) is 0 Å². The number of rotatable bonds is 5. The predicted octanol–water partition coefficient (Wildman–Crippen LogP) is 4.61. The van der Waals surface area contributed by atoms with Crippen molar-refractivity contribution < 1.29 is 23.1 Å². The minimum absolute atomic E-state index is 0.0647. The average molecular weight is 394 g/mol. The number of benzene rings is 2. The zero-order chi connectivity index (χ0) is 19.4. The lowest BCUT2D eigenvalue weighted by atomic mass is 9.78. The lowest BCUT2D eigenvalue weighted by Crippen LogP contribution is -2.37. The Kier molecular flexibility index (Phi) is 5.75. The van der Waals surface area contributed by atoms with E-state index in [0.717, 1.165) is 18.9 Å². The first-order valence-electron chi connectivity index (χ1n) is 8.59. The van der Waals surface area contributed by atoms with Crippen LogP contribution in [0, 0.1) is 11.6 Å². The summed E-state index contributed by atoms with van der Waals surface area (Å²) in [4.78, 5) is 24.7. The smallest absolute Gasteiger partial charge is 0.317 e. The quantitative estimate of drug-likeness (QED) is 0.754. The topological polar surface area (TPSA) is 55.4 Å². The highest BCUT2D eigenvalue weighted by Crippen LogP contribution is 2.43. The van der Waals surface area contributed by atoms with Gasteiger partial charge in [0.05, 0.1) is 11.1 Å². The van der Waals surface area contributed by atoms with E-state index in [0.29, 0.717) is 12.8 Å². The zero-order valence-electron chi connectivity index (χ0n) is 14.4. The lowest BCUT2D eigenvalue weighted by molar-refractivity contribution is -0.153. The number of ether oxygens (including phenoxy) is 1. The van der Waals surface area contributed by atoms with Crippen LogP contribution in [-0.2, 0) is 19.7 Å². The second-order valence-electron chi connectivity index (χ2n) is 6.52. The van der Waals surface area contributed by atoms with Gasteiger partial charge in [-0.15, -0.1) is 0 Å². The molecule has 2 aromatic carbocycles. The summed E-state index contributed by atoms with van der Waals surface area (Å²) in [6, 6.07) is 9.91. The van der Waals surface area contributed by atoms with Gasteiger partial charge in [0.25, 0.3) is 5.91 Å². The number of nitrogens with one attached hydrogen (secondary N) is 1. The van der Waals surface area contributed by atoms with E-state index < -0.39 is 35.5 Å². The van der Waals surface area contributed by atoms with E-state index in [1.165, 1.54) is 18.2 Å². The Morgan fingerprint density at radius 3 is 2.44 bits per heavy atom. The van der Waals surface area contributed by atoms with E-state index in [1.54, 1.807) is 18.2 Å². The van der Waals surface area contributed by atoms with Crippen LogP contribution in [0.25, 0.3) is 0 Å². The molecule has 0 heterocycles. The minimum atomic E-state index is -1.09. The molecule has 27 heavy (non-hydrogen) atoms. The third kappa shape index (κ3) is 4.11. The van der Waals surface area contributed by atoms with Crippen molar-refractivity contribution in [3.05, 3.63) is 64.7 Å². The van der Waals surface area contributed by atoms with E-state index in [4.69, 9.17) is 16.3 Å². The van der Waals surface area contributed by atoms with E-state index in [9.17, 15) is 18.4 Å². The third-order valence-corrected chi connectivity index (χ3v) is 5.01. The normalized spacial score (nSPS) is 15.4. The number of carbonyl (C=O) groups excluding carboxylic acids is 2. The van der Waals surface area contributed by atoms with E-state index in [2.05, 4.69) is 5.32 Å². The molecule has 3 rings (SSSR count). The summed E-state index contributed by atoms with van der Waals surface area (Å²) < 4.78 is 33.2. The van der Waals surface area contributed by atoms with Crippen LogP contribution >= 0.6 is 11.6 Å². The van der Waals surface area contributed by atoms with Gasteiger partial charge < -0.3 is 10.1 Å². The largest absolute Gasteiger partial charge is 0.455 e. The fourth-order valence-corrected chi connectivity index (χ4v) is 3.62. The third-order valence-electron chi connectivity index (χ3n) is 4.78. The highest BCUT2D eigenvalue weighted by molar-refractivity contribution is 6.30. The molecular weight excluding hydrogens is 376 g/mol. The van der Waals surface area contributed by atoms with Crippen LogP contribution < -0.4 is 5.32 Å². The van der Waals surface area contributed by atoms with E-state index in [1.807, 2.05) is 0 Å². The number of amides is 1. The van der Waals surface area contributed by atoms with E-state index in [-0.39, 0.29) is 16.3 Å². The van der Waals surface area contributed by atoms with Crippen LogP contribution in [0.2, 0.25) is 5.02 Å². The molecule has 7 heteroatoms. The zero-order valence-corrected chi connectivity index (χ0v) is 15.2. The molecule has 0 aromatic heterocycles. The summed E-state index contributed by atoms with van der Waals surface area (Å²) >= 11 is 5.66. The maximum absolute atomic E-state index is 14.3. The Hall–Kier alpha value is -2.47. The summed E-state index contributed by atoms with van der Waals surface area (Å²) in [5.74, 6) is -2.49. The SMILES string of the molecule is O=C(COC(=O)C1(c2ccccc2F)CCCC1)Nc1ccc(Cl)cc1F. The van der Waals surface area contributed by atoms with Crippen LogP contribution in [0.5, 0.6) is 0 Å². The van der Waals surface area contributed by atoms with Crippen molar-refractivity contribution in [2.75, 3.05) is 11.9 Å². The molecule has 1 N–H and O–H groups in total. The number of hydrogen-bond donors (Lipinski definition) is 1. The maximum Gasteiger partial charge on any atom is 0.317 e. The van der Waals surface area contributed by atoms with Gasteiger partial charge in [-0.05, 0) is 37.1 Å². The number of hydrogen-bond acceptors (Lipinski definition) is 3. The van der Waals surface area contributed by atoms with Gasteiger partial charge in [0.15, 0.2) is 6.61 Å². The summed E-state index contributed by atoms with van der Waals surface area (Å²) in [7, 11) is 0. The standard InChI is InChI=1S/C20H18ClF2NO3/c21-13-7-8-17(16(23)11-13)24-18(25)12-27-19(26)20(9-3-4-10-20)14-5-1-2-6-15(14)22/h1-2,5-8,11H,3-4,9-10,12H2,(H,24,25). The minimum Gasteiger partial charge on any atom is -0.455 e. The van der Waals surface area contributed by atoms with Gasteiger partial charge in [-0.25, -0.2) is 8.78 Å². The van der Waals surface area contributed by atoms with Crippen LogP contribution in [0.1, 0.15) is 31.2 Å². The first kappa shape index (κ1) is 19.3. The molecule has 2 aromatic rings. The number of halogens is 3. The fraction of sp³-hybridized carbons (Fsp3) is 0.300. The van der Waals surface area contributed by atoms with Crippen LogP contribution in [0.4, 0.5) is 14.5 Å². The lowest BCUT2D eigenvalue weighted by Gasteiger charge is -2.27. The molecule has 0 unspecified atom stereocenters. The molecule has 0 atom stereocenters. The summed E-state index contributed by atoms with van der Waals surface area (Å²) in [6.07, 6.45) is 2.46. The number of carbonyl (C=O) groups is 2. The molecular formula is C20H18ClF2NO3. The number of esters is 1. The molecule has 1 amide bonds. The molecule has 142 valence electrons. The van der Waals surface area contributed by atoms with Crippen molar-refractivity contribution in [1.29, 1.82) is 0 Å². The van der Waals surface area contributed by atoms with Crippen molar-refractivity contribution in [3.63, 3.8) is 0 Å². The van der Waals surface area contributed by atoms with Gasteiger partial charge in [0, 0.05) is 10.6 Å². The molecule has 4 nitrogen and oxygen atoms in total. The Balaban J connectivity index is 1.68. The van der Waals surface area contributed by atoms with Crippen LogP contribution in [0.15, 0.2) is 42.5 Å². The predicted molar refractivity (Wildman–Crippen MR) is 97.5 cm³/mol. The number of anilines is 1. The van der Waals surface area contributed by atoms with Crippen molar-refractivity contribution in [2.45, 2.75) is 31.1 Å².